The molecule has 2 heterocycles. The molecule has 5 aromatic rings. The fourth-order valence-corrected chi connectivity index (χ4v) is 7.47. The summed E-state index contributed by atoms with van der Waals surface area (Å²) in [5.74, 6) is -1.12. The van der Waals surface area contributed by atoms with E-state index in [9.17, 15) is 24.6 Å². The van der Waals surface area contributed by atoms with Crippen LogP contribution in [0.2, 0.25) is 0 Å². The van der Waals surface area contributed by atoms with Gasteiger partial charge in [0.15, 0.2) is 12.3 Å². The van der Waals surface area contributed by atoms with Gasteiger partial charge in [-0.3, -0.25) is 19.2 Å². The summed E-state index contributed by atoms with van der Waals surface area (Å²) in [5.41, 5.74) is 4.15. The zero-order valence-electron chi connectivity index (χ0n) is 31.9. The molecule has 4 amide bonds. The van der Waals surface area contributed by atoms with Crippen LogP contribution in [-0.2, 0) is 56.1 Å². The van der Waals surface area contributed by atoms with Gasteiger partial charge in [-0.25, -0.2) is 4.79 Å². The lowest BCUT2D eigenvalue weighted by Gasteiger charge is -2.53. The zero-order valence-corrected chi connectivity index (χ0v) is 31.9. The van der Waals surface area contributed by atoms with Crippen LogP contribution in [0.3, 0.4) is 0 Å². The van der Waals surface area contributed by atoms with Crippen molar-refractivity contribution in [3.8, 4) is 11.5 Å². The van der Waals surface area contributed by atoms with Gasteiger partial charge in [0.25, 0.3) is 5.91 Å². The van der Waals surface area contributed by atoms with Gasteiger partial charge >= 0.3 is 6.09 Å². The minimum absolute atomic E-state index is 0.0377. The number of hydrogen-bond acceptors (Lipinski definition) is 8. The Balaban J connectivity index is 1.23. The van der Waals surface area contributed by atoms with Crippen molar-refractivity contribution in [2.75, 3.05) is 19.7 Å². The molecular formula is C46H46N4O8. The maximum absolute atomic E-state index is 15.0. The Bertz CT molecular complexity index is 2150. The smallest absolute Gasteiger partial charge is 0.436 e. The van der Waals surface area contributed by atoms with Gasteiger partial charge in [0.1, 0.15) is 23.6 Å². The number of hydrogen-bond donors (Lipinski definition) is 3. The highest BCUT2D eigenvalue weighted by Crippen LogP contribution is 2.32. The first-order valence-corrected chi connectivity index (χ1v) is 19.4. The molecule has 7 rings (SSSR count). The van der Waals surface area contributed by atoms with Crippen molar-refractivity contribution < 1.29 is 39.0 Å². The maximum Gasteiger partial charge on any atom is 0.436 e. The van der Waals surface area contributed by atoms with Crippen LogP contribution in [0.4, 0.5) is 4.79 Å². The van der Waals surface area contributed by atoms with Gasteiger partial charge in [0.05, 0.1) is 13.2 Å². The Hall–Kier alpha value is -6.66. The monoisotopic (exact) mass is 782 g/mol. The molecule has 12 nitrogen and oxygen atoms in total. The van der Waals surface area contributed by atoms with Crippen molar-refractivity contribution in [2.45, 2.75) is 56.5 Å². The van der Waals surface area contributed by atoms with E-state index in [1.807, 2.05) is 91.0 Å². The van der Waals surface area contributed by atoms with Crippen molar-refractivity contribution in [1.29, 1.82) is 0 Å². The van der Waals surface area contributed by atoms with Crippen LogP contribution in [0.1, 0.15) is 27.8 Å². The molecule has 0 spiro atoms. The minimum Gasteiger partial charge on any atom is -0.508 e. The Kier molecular flexibility index (Phi) is 12.6. The first-order valence-electron chi connectivity index (χ1n) is 19.4. The predicted molar refractivity (Wildman–Crippen MR) is 215 cm³/mol. The molecule has 2 aliphatic rings. The maximum atomic E-state index is 15.0. The molecule has 5 aromatic carbocycles. The summed E-state index contributed by atoms with van der Waals surface area (Å²) in [7, 11) is 0. The summed E-state index contributed by atoms with van der Waals surface area (Å²) in [4.78, 5) is 67.3. The number of ether oxygens (including phenoxy) is 1. The number of phenols is 2. The Morgan fingerprint density at radius 2 is 1.21 bits per heavy atom. The number of piperazine rings is 1. The molecule has 298 valence electrons. The summed E-state index contributed by atoms with van der Waals surface area (Å²) in [6.45, 7) is 0.0704. The topological polar surface area (TPSA) is 149 Å². The number of hydroxylamine groups is 2. The van der Waals surface area contributed by atoms with Gasteiger partial charge in [0.2, 0.25) is 11.8 Å². The molecule has 2 saturated heterocycles. The number of carbonyl (C=O) groups excluding carboxylic acids is 4. The first-order chi connectivity index (χ1) is 28.2. The van der Waals surface area contributed by atoms with Crippen LogP contribution in [-0.4, -0.2) is 92.9 Å². The molecule has 0 bridgehead atoms. The highest BCUT2D eigenvalue weighted by molar-refractivity contribution is 5.95. The quantitative estimate of drug-likeness (QED) is 0.139. The molecule has 4 atom stereocenters. The molecule has 12 heteroatoms. The van der Waals surface area contributed by atoms with Crippen LogP contribution in [0.15, 0.2) is 140 Å². The zero-order chi connectivity index (χ0) is 40.4. The van der Waals surface area contributed by atoms with E-state index in [2.05, 4.69) is 5.32 Å². The van der Waals surface area contributed by atoms with E-state index in [1.54, 1.807) is 36.4 Å². The van der Waals surface area contributed by atoms with E-state index in [1.165, 1.54) is 21.9 Å². The number of carbonyl (C=O) groups is 4. The van der Waals surface area contributed by atoms with E-state index >= 15 is 4.79 Å². The van der Waals surface area contributed by atoms with Gasteiger partial charge in [-0.2, -0.15) is 5.06 Å². The highest BCUT2D eigenvalue weighted by atomic mass is 16.7. The number of benzene rings is 5. The number of fused-ring (bicyclic) bond motifs is 1. The molecule has 2 fully saturated rings. The first kappa shape index (κ1) is 39.6. The summed E-state index contributed by atoms with van der Waals surface area (Å²) < 4.78 is 5.77. The average molecular weight is 783 g/mol. The van der Waals surface area contributed by atoms with Crippen LogP contribution in [0.25, 0.3) is 0 Å². The summed E-state index contributed by atoms with van der Waals surface area (Å²) in [6, 6.07) is 39.2. The second kappa shape index (κ2) is 18.5. The molecule has 2 aliphatic heterocycles. The third-order valence-corrected chi connectivity index (χ3v) is 10.5. The van der Waals surface area contributed by atoms with Crippen molar-refractivity contribution in [3.63, 3.8) is 0 Å². The Morgan fingerprint density at radius 1 is 0.672 bits per heavy atom. The SMILES string of the molecule is O=C(NCCc1ccccc1)[C@H](Cc1ccccc1)N1CC2N(C(=O)OCCc3ccc(O)cc3)O[C@H](Cc3ccc(O)cc3)C(=O)N2[C@@H](Cc2ccccc2)C1=O. The Labute approximate surface area is 337 Å². The van der Waals surface area contributed by atoms with Gasteiger partial charge < -0.3 is 30.1 Å². The van der Waals surface area contributed by atoms with Crippen LogP contribution >= 0.6 is 0 Å². The molecule has 0 aliphatic carbocycles. The molecule has 1 unspecified atom stereocenters. The lowest BCUT2D eigenvalue weighted by atomic mass is 9.94. The fraction of sp³-hybridized carbons (Fsp3) is 0.261. The predicted octanol–water partition coefficient (Wildman–Crippen LogP) is 5.21. The van der Waals surface area contributed by atoms with Crippen molar-refractivity contribution in [2.24, 2.45) is 0 Å². The third kappa shape index (κ3) is 9.64. The third-order valence-electron chi connectivity index (χ3n) is 10.5. The van der Waals surface area contributed by atoms with Gasteiger partial charge in [0, 0.05) is 32.2 Å². The molecule has 0 saturated carbocycles. The molecule has 58 heavy (non-hydrogen) atoms. The fourth-order valence-electron chi connectivity index (χ4n) is 7.47. The number of nitrogens with zero attached hydrogens (tertiary/aromatic N) is 3. The summed E-state index contributed by atoms with van der Waals surface area (Å²) in [6.07, 6.45) is -1.97. The van der Waals surface area contributed by atoms with Gasteiger partial charge in [-0.15, -0.1) is 0 Å². The molecule has 0 radical (unpaired) electrons. The van der Waals surface area contributed by atoms with Gasteiger partial charge in [-0.1, -0.05) is 115 Å². The molecule has 0 aromatic heterocycles. The van der Waals surface area contributed by atoms with Crippen LogP contribution < -0.4 is 5.32 Å². The van der Waals surface area contributed by atoms with E-state index in [-0.39, 0.29) is 49.8 Å². The molecule has 3 N–H and O–H groups in total. The lowest BCUT2D eigenvalue weighted by molar-refractivity contribution is -0.267. The normalized spacial score (nSPS) is 18.3. The number of aromatic hydroxyl groups is 2. The number of phenolic OH excluding ortho intramolecular Hbond substituents is 2. The van der Waals surface area contributed by atoms with Gasteiger partial charge in [-0.05, 0) is 58.5 Å². The number of amides is 4. The minimum atomic E-state index is -1.22. The van der Waals surface area contributed by atoms with Crippen LogP contribution in [0, 0.1) is 0 Å². The number of nitrogens with one attached hydrogen (secondary N) is 1. The lowest BCUT2D eigenvalue weighted by Crippen LogP contribution is -2.75. The largest absolute Gasteiger partial charge is 0.508 e. The second-order valence-electron chi connectivity index (χ2n) is 14.5. The summed E-state index contributed by atoms with van der Waals surface area (Å²) in [5, 5.41) is 23.7. The Morgan fingerprint density at radius 3 is 1.83 bits per heavy atom. The number of rotatable bonds is 14. The van der Waals surface area contributed by atoms with E-state index < -0.39 is 42.3 Å². The van der Waals surface area contributed by atoms with Crippen LogP contribution in [0.5, 0.6) is 11.5 Å². The second-order valence-corrected chi connectivity index (χ2v) is 14.5. The highest BCUT2D eigenvalue weighted by Gasteiger charge is 2.55. The van der Waals surface area contributed by atoms with E-state index in [4.69, 9.17) is 9.57 Å². The van der Waals surface area contributed by atoms with E-state index in [0.717, 1.165) is 27.3 Å². The van der Waals surface area contributed by atoms with Crippen molar-refractivity contribution >= 4 is 23.8 Å². The van der Waals surface area contributed by atoms with Crippen molar-refractivity contribution in [3.05, 3.63) is 167 Å². The summed E-state index contributed by atoms with van der Waals surface area (Å²) >= 11 is 0. The standard InChI is InChI=1S/C46H46N4O8/c51-37-20-16-33(17-21-37)25-27-57-46(56)50-42-31-48(39(28-34-12-6-2-7-13-34)43(53)47-26-24-32-10-4-1-5-11-32)44(54)40(29-35-14-8-3-9-15-35)49(42)45(55)41(58-50)30-36-18-22-38(52)23-19-36/h1-23,39-42,51-52H,24-31H2,(H,47,53)/t39-,40-,41+,42?/m0/s1. The average Bonchev–Trinajstić information content (AvgIpc) is 3.24. The molecular weight excluding hydrogens is 737 g/mol. The van der Waals surface area contributed by atoms with E-state index in [0.29, 0.717) is 24.9 Å². The van der Waals surface area contributed by atoms with Crippen molar-refractivity contribution in [1.82, 2.24) is 20.2 Å².